The van der Waals surface area contributed by atoms with Crippen molar-refractivity contribution in [3.63, 3.8) is 0 Å². The highest BCUT2D eigenvalue weighted by Gasteiger charge is 2.49. The molecule has 1 aliphatic heterocycles. The third-order valence-corrected chi connectivity index (χ3v) is 8.33. The molecule has 1 aliphatic rings. The molecule has 1 N–H and O–H groups in total. The van der Waals surface area contributed by atoms with Gasteiger partial charge in [0.1, 0.15) is 12.7 Å². The second-order valence-corrected chi connectivity index (χ2v) is 11.2. The van der Waals surface area contributed by atoms with E-state index in [1.165, 1.54) is 12.1 Å². The first kappa shape index (κ1) is 28.2. The fourth-order valence-electron chi connectivity index (χ4n) is 4.52. The van der Waals surface area contributed by atoms with Crippen LogP contribution in [0.2, 0.25) is 0 Å². The van der Waals surface area contributed by atoms with Gasteiger partial charge in [0.2, 0.25) is 0 Å². The lowest BCUT2D eigenvalue weighted by Crippen LogP contribution is -2.43. The lowest BCUT2D eigenvalue weighted by molar-refractivity contribution is -0.0920. The van der Waals surface area contributed by atoms with Crippen LogP contribution in [0.4, 0.5) is 0 Å². The minimum atomic E-state index is -3.77. The van der Waals surface area contributed by atoms with Gasteiger partial charge in [0.25, 0.3) is 0 Å². The largest absolute Gasteiger partial charge is 0.458 e. The summed E-state index contributed by atoms with van der Waals surface area (Å²) in [4.78, 5) is 25.7. The van der Waals surface area contributed by atoms with Crippen molar-refractivity contribution in [2.75, 3.05) is 12.4 Å². The zero-order valence-electron chi connectivity index (χ0n) is 21.2. The predicted molar refractivity (Wildman–Crippen MR) is 144 cm³/mol. The highest BCUT2D eigenvalue weighted by Crippen LogP contribution is 2.35. The SMILES string of the molecule is C=CC[C@@H]1O[C@H](C(COC(=O)c2ccccc2)OC(=O)c2ccccc2)[C@H](O)[C@H]1CS(=O)(=O)c1ccccc1. The second-order valence-electron chi connectivity index (χ2n) is 9.19. The maximum absolute atomic E-state index is 13.1. The van der Waals surface area contributed by atoms with Crippen LogP contribution in [0.15, 0.2) is 109 Å². The molecule has 3 aromatic carbocycles. The molecule has 0 amide bonds. The van der Waals surface area contributed by atoms with Gasteiger partial charge >= 0.3 is 11.9 Å². The number of carbonyl (C=O) groups is 2. The van der Waals surface area contributed by atoms with Crippen molar-refractivity contribution < 1.29 is 37.3 Å². The van der Waals surface area contributed by atoms with Crippen LogP contribution in [-0.2, 0) is 24.0 Å². The van der Waals surface area contributed by atoms with Crippen molar-refractivity contribution in [3.05, 3.63) is 115 Å². The van der Waals surface area contributed by atoms with E-state index in [0.717, 1.165) is 0 Å². The third kappa shape index (κ3) is 7.00. The van der Waals surface area contributed by atoms with Gasteiger partial charge in [-0.1, -0.05) is 60.7 Å². The van der Waals surface area contributed by atoms with Crippen LogP contribution in [-0.4, -0.2) is 62.2 Å². The molecule has 1 fully saturated rings. The number of carbonyl (C=O) groups excluding carboxylic acids is 2. The molecule has 204 valence electrons. The molecule has 0 saturated carbocycles. The molecule has 3 aromatic rings. The number of rotatable bonds is 11. The van der Waals surface area contributed by atoms with E-state index in [-0.39, 0.29) is 16.9 Å². The van der Waals surface area contributed by atoms with E-state index in [2.05, 4.69) is 6.58 Å². The van der Waals surface area contributed by atoms with Crippen molar-refractivity contribution in [1.29, 1.82) is 0 Å². The molecule has 0 aromatic heterocycles. The zero-order valence-corrected chi connectivity index (χ0v) is 22.0. The van der Waals surface area contributed by atoms with E-state index in [1.807, 2.05) is 0 Å². The van der Waals surface area contributed by atoms with Gasteiger partial charge in [-0.25, -0.2) is 18.0 Å². The van der Waals surface area contributed by atoms with Crippen molar-refractivity contribution in [3.8, 4) is 0 Å². The topological polar surface area (TPSA) is 116 Å². The fraction of sp³-hybridized carbons (Fsp3) is 0.267. The lowest BCUT2D eigenvalue weighted by atomic mass is 9.94. The summed E-state index contributed by atoms with van der Waals surface area (Å²) in [6, 6.07) is 24.5. The van der Waals surface area contributed by atoms with Crippen molar-refractivity contribution >= 4 is 21.8 Å². The average molecular weight is 551 g/mol. The molecule has 9 heteroatoms. The Labute approximate surface area is 227 Å². The van der Waals surface area contributed by atoms with Crippen LogP contribution >= 0.6 is 0 Å². The van der Waals surface area contributed by atoms with Crippen LogP contribution in [0.3, 0.4) is 0 Å². The first-order chi connectivity index (χ1) is 18.8. The van der Waals surface area contributed by atoms with E-state index >= 15 is 0 Å². The van der Waals surface area contributed by atoms with Gasteiger partial charge in [-0.05, 0) is 42.8 Å². The molecule has 4 rings (SSSR count). The molecule has 8 nitrogen and oxygen atoms in total. The number of aliphatic hydroxyl groups is 1. The van der Waals surface area contributed by atoms with Gasteiger partial charge in [0, 0.05) is 5.92 Å². The van der Waals surface area contributed by atoms with E-state index in [0.29, 0.717) is 5.56 Å². The minimum Gasteiger partial charge on any atom is -0.458 e. The van der Waals surface area contributed by atoms with Gasteiger partial charge in [-0.3, -0.25) is 0 Å². The Morgan fingerprint density at radius 3 is 2.00 bits per heavy atom. The molecule has 1 unspecified atom stereocenters. The molecule has 1 heterocycles. The normalized spacial score (nSPS) is 21.6. The third-order valence-electron chi connectivity index (χ3n) is 6.52. The Morgan fingerprint density at radius 2 is 1.44 bits per heavy atom. The van der Waals surface area contributed by atoms with Gasteiger partial charge < -0.3 is 19.3 Å². The summed E-state index contributed by atoms with van der Waals surface area (Å²) >= 11 is 0. The highest BCUT2D eigenvalue weighted by molar-refractivity contribution is 7.91. The van der Waals surface area contributed by atoms with E-state index in [4.69, 9.17) is 14.2 Å². The average Bonchev–Trinajstić information content (AvgIpc) is 3.26. The van der Waals surface area contributed by atoms with E-state index in [9.17, 15) is 23.1 Å². The van der Waals surface area contributed by atoms with Crippen LogP contribution < -0.4 is 0 Å². The molecule has 0 spiro atoms. The first-order valence-electron chi connectivity index (χ1n) is 12.5. The van der Waals surface area contributed by atoms with Crippen molar-refractivity contribution in [1.82, 2.24) is 0 Å². The van der Waals surface area contributed by atoms with Crippen LogP contribution in [0.1, 0.15) is 27.1 Å². The molecule has 1 saturated heterocycles. The molecular formula is C30H30O8S. The minimum absolute atomic E-state index is 0.127. The summed E-state index contributed by atoms with van der Waals surface area (Å²) in [6.07, 6.45) is -2.59. The second kappa shape index (κ2) is 12.8. The first-order valence-corrected chi connectivity index (χ1v) is 14.2. The highest BCUT2D eigenvalue weighted by atomic mass is 32.2. The summed E-state index contributed by atoms with van der Waals surface area (Å²) in [6.45, 7) is 3.31. The van der Waals surface area contributed by atoms with Gasteiger partial charge in [0.15, 0.2) is 15.9 Å². The number of benzene rings is 3. The summed E-state index contributed by atoms with van der Waals surface area (Å²) in [5.74, 6) is -2.58. The Bertz CT molecular complexity index is 1360. The van der Waals surface area contributed by atoms with Crippen LogP contribution in [0.25, 0.3) is 0 Å². The van der Waals surface area contributed by atoms with Crippen LogP contribution in [0.5, 0.6) is 0 Å². The van der Waals surface area contributed by atoms with Gasteiger partial charge in [-0.15, -0.1) is 6.58 Å². The van der Waals surface area contributed by atoms with E-state index in [1.54, 1.807) is 84.9 Å². The monoisotopic (exact) mass is 550 g/mol. The number of hydrogen-bond acceptors (Lipinski definition) is 8. The number of sulfone groups is 1. The van der Waals surface area contributed by atoms with Gasteiger partial charge in [-0.2, -0.15) is 0 Å². The quantitative estimate of drug-likeness (QED) is 0.283. The smallest absolute Gasteiger partial charge is 0.338 e. The van der Waals surface area contributed by atoms with Crippen LogP contribution in [0, 0.1) is 5.92 Å². The number of esters is 2. The fourth-order valence-corrected chi connectivity index (χ4v) is 6.21. The maximum atomic E-state index is 13.1. The Balaban J connectivity index is 1.58. The Hall–Kier alpha value is -3.79. The van der Waals surface area contributed by atoms with Gasteiger partial charge in [0.05, 0.1) is 34.0 Å². The zero-order chi connectivity index (χ0) is 27.8. The number of ether oxygens (including phenoxy) is 3. The summed E-state index contributed by atoms with van der Waals surface area (Å²) < 4.78 is 43.5. The molecule has 0 radical (unpaired) electrons. The summed E-state index contributed by atoms with van der Waals surface area (Å²) in [7, 11) is -3.77. The Kier molecular flexibility index (Phi) is 9.29. The van der Waals surface area contributed by atoms with E-state index < -0.39 is 64.5 Å². The summed E-state index contributed by atoms with van der Waals surface area (Å²) in [5, 5.41) is 11.3. The van der Waals surface area contributed by atoms with Crippen molar-refractivity contribution in [2.45, 2.75) is 35.7 Å². The standard InChI is InChI=1S/C30H30O8S/c1-2-12-25-24(20-39(34,35)23-17-10-5-11-18-23)27(31)28(37-25)26(38-30(33)22-15-8-4-9-16-22)19-36-29(32)21-13-6-3-7-14-21/h2-11,13-18,24-28,31H,1,12,19-20H2/t24-,25-,26?,27+,28+/m0/s1. The maximum Gasteiger partial charge on any atom is 0.338 e. The molecule has 5 atom stereocenters. The van der Waals surface area contributed by atoms with Crippen molar-refractivity contribution in [2.24, 2.45) is 5.92 Å². The predicted octanol–water partition coefficient (Wildman–Crippen LogP) is 3.86. The molecule has 0 aliphatic carbocycles. The summed E-state index contributed by atoms with van der Waals surface area (Å²) in [5.41, 5.74) is 0.560. The molecule has 39 heavy (non-hydrogen) atoms. The number of aliphatic hydroxyl groups excluding tert-OH is 1. The number of hydrogen-bond donors (Lipinski definition) is 1. The molecular weight excluding hydrogens is 520 g/mol. The lowest BCUT2D eigenvalue weighted by Gasteiger charge is -2.26. The Morgan fingerprint density at radius 1 is 0.897 bits per heavy atom. The molecule has 0 bridgehead atoms.